The lowest BCUT2D eigenvalue weighted by Crippen LogP contribution is -2.41. The fraction of sp³-hybridized carbons (Fsp3) is 0.778. The van der Waals surface area contributed by atoms with Crippen LogP contribution in [0.3, 0.4) is 0 Å². The Kier molecular flexibility index (Phi) is 2.35. The molecule has 0 aromatic carbocycles. The van der Waals surface area contributed by atoms with Gasteiger partial charge in [-0.2, -0.15) is 0 Å². The number of hydrogen-bond acceptors (Lipinski definition) is 2. The van der Waals surface area contributed by atoms with Crippen molar-refractivity contribution in [1.82, 2.24) is 10.4 Å². The van der Waals surface area contributed by atoms with Gasteiger partial charge in [-0.25, -0.2) is 5.01 Å². The normalized spacial score (nSPS) is 21.6. The van der Waals surface area contributed by atoms with E-state index in [9.17, 15) is 0 Å². The maximum Gasteiger partial charge on any atom is 0.0318 e. The molecule has 1 aliphatic rings. The summed E-state index contributed by atoms with van der Waals surface area (Å²) >= 11 is 0. The summed E-state index contributed by atoms with van der Waals surface area (Å²) in [5, 5.41) is 2.11. The first-order chi connectivity index (χ1) is 5.00. The maximum absolute atomic E-state index is 3.30. The van der Waals surface area contributed by atoms with Gasteiger partial charge in [0.25, 0.3) is 0 Å². The van der Waals surface area contributed by atoms with E-state index in [2.05, 4.69) is 44.3 Å². The van der Waals surface area contributed by atoms with Crippen LogP contribution in [-0.2, 0) is 0 Å². The Hall–Kier alpha value is -0.340. The molecule has 2 nitrogen and oxygen atoms in total. The third kappa shape index (κ3) is 2.31. The second kappa shape index (κ2) is 2.95. The lowest BCUT2D eigenvalue weighted by atomic mass is 9.86. The van der Waals surface area contributed by atoms with Gasteiger partial charge in [0.2, 0.25) is 0 Å². The van der Waals surface area contributed by atoms with Crippen molar-refractivity contribution in [2.45, 2.75) is 20.8 Å². The van der Waals surface area contributed by atoms with Crippen LogP contribution in [0.5, 0.6) is 0 Å². The van der Waals surface area contributed by atoms with Gasteiger partial charge in [0.1, 0.15) is 0 Å². The summed E-state index contributed by atoms with van der Waals surface area (Å²) in [5.74, 6) is 0. The number of hydrazine groups is 1. The molecule has 0 bridgehead atoms. The van der Waals surface area contributed by atoms with Crippen molar-refractivity contribution < 1.29 is 0 Å². The van der Waals surface area contributed by atoms with E-state index in [-0.39, 0.29) is 0 Å². The number of rotatable bonds is 0. The van der Waals surface area contributed by atoms with Gasteiger partial charge in [0.05, 0.1) is 0 Å². The van der Waals surface area contributed by atoms with Gasteiger partial charge in [-0.3, -0.25) is 5.43 Å². The largest absolute Gasteiger partial charge is 0.251 e. The second-order valence-electron chi connectivity index (χ2n) is 4.19. The molecule has 2 heteroatoms. The summed E-state index contributed by atoms with van der Waals surface area (Å²) in [6, 6.07) is 0. The zero-order chi connectivity index (χ0) is 8.48. The van der Waals surface area contributed by atoms with E-state index in [1.165, 1.54) is 5.57 Å². The topological polar surface area (TPSA) is 15.3 Å². The van der Waals surface area contributed by atoms with Crippen LogP contribution >= 0.6 is 0 Å². The molecular weight excluding hydrogens is 136 g/mol. The monoisotopic (exact) mass is 154 g/mol. The highest BCUT2D eigenvalue weighted by Crippen LogP contribution is 2.25. The van der Waals surface area contributed by atoms with Gasteiger partial charge in [-0.1, -0.05) is 32.4 Å². The van der Waals surface area contributed by atoms with Gasteiger partial charge in [0, 0.05) is 20.1 Å². The summed E-state index contributed by atoms with van der Waals surface area (Å²) in [6.45, 7) is 8.79. The molecule has 1 heterocycles. The van der Waals surface area contributed by atoms with Crippen LogP contribution in [0.4, 0.5) is 0 Å². The standard InChI is InChI=1S/C9H18N2/c1-9(2,3)8-5-6-11(4)10-7-8/h5,10H,6-7H2,1-4H3. The Labute approximate surface area is 69.2 Å². The number of nitrogens with zero attached hydrogens (tertiary/aromatic N) is 1. The van der Waals surface area contributed by atoms with Crippen LogP contribution in [0.2, 0.25) is 0 Å². The van der Waals surface area contributed by atoms with Crippen molar-refractivity contribution in [3.8, 4) is 0 Å². The molecule has 0 atom stereocenters. The zero-order valence-corrected chi connectivity index (χ0v) is 7.94. The minimum absolute atomic E-state index is 0.328. The zero-order valence-electron chi connectivity index (χ0n) is 7.94. The quantitative estimate of drug-likeness (QED) is 0.531. The Morgan fingerprint density at radius 3 is 2.45 bits per heavy atom. The second-order valence-corrected chi connectivity index (χ2v) is 4.19. The first kappa shape index (κ1) is 8.75. The van der Waals surface area contributed by atoms with Gasteiger partial charge >= 0.3 is 0 Å². The molecule has 0 aliphatic carbocycles. The fourth-order valence-corrected chi connectivity index (χ4v) is 1.18. The summed E-state index contributed by atoms with van der Waals surface area (Å²) in [4.78, 5) is 0. The summed E-state index contributed by atoms with van der Waals surface area (Å²) < 4.78 is 0. The van der Waals surface area contributed by atoms with Crippen LogP contribution in [-0.4, -0.2) is 25.1 Å². The Morgan fingerprint density at radius 1 is 1.45 bits per heavy atom. The molecule has 0 unspecified atom stereocenters. The van der Waals surface area contributed by atoms with Crippen LogP contribution in [0.15, 0.2) is 11.6 Å². The third-order valence-corrected chi connectivity index (χ3v) is 2.11. The van der Waals surface area contributed by atoms with Gasteiger partial charge in [0.15, 0.2) is 0 Å². The first-order valence-corrected chi connectivity index (χ1v) is 4.14. The van der Waals surface area contributed by atoms with E-state index in [1.807, 2.05) is 0 Å². The smallest absolute Gasteiger partial charge is 0.0318 e. The van der Waals surface area contributed by atoms with Crippen LogP contribution < -0.4 is 5.43 Å². The molecule has 64 valence electrons. The van der Waals surface area contributed by atoms with E-state index in [0.717, 1.165) is 13.1 Å². The predicted molar refractivity (Wildman–Crippen MR) is 48.2 cm³/mol. The molecule has 0 saturated heterocycles. The van der Waals surface area contributed by atoms with E-state index < -0.39 is 0 Å². The van der Waals surface area contributed by atoms with Crippen molar-refractivity contribution in [3.63, 3.8) is 0 Å². The molecule has 0 radical (unpaired) electrons. The Morgan fingerprint density at radius 2 is 2.09 bits per heavy atom. The summed E-state index contributed by atoms with van der Waals surface area (Å²) in [5.41, 5.74) is 5.14. The Bertz CT molecular complexity index is 165. The molecule has 0 aromatic heterocycles. The predicted octanol–water partition coefficient (Wildman–Crippen LogP) is 1.41. The molecule has 0 saturated carbocycles. The molecular formula is C9H18N2. The minimum Gasteiger partial charge on any atom is -0.251 e. The molecule has 1 N–H and O–H groups in total. The van der Waals surface area contributed by atoms with Gasteiger partial charge in [-0.05, 0) is 5.41 Å². The molecule has 0 fully saturated rings. The molecule has 0 amide bonds. The number of likely N-dealkylation sites (N-methyl/N-ethyl adjacent to an activating group) is 1. The molecule has 1 rings (SSSR count). The van der Waals surface area contributed by atoms with E-state index in [1.54, 1.807) is 0 Å². The number of hydrogen-bond donors (Lipinski definition) is 1. The van der Waals surface area contributed by atoms with Gasteiger partial charge < -0.3 is 0 Å². The number of nitrogens with one attached hydrogen (secondary N) is 1. The van der Waals surface area contributed by atoms with Crippen LogP contribution in [0.1, 0.15) is 20.8 Å². The molecule has 11 heavy (non-hydrogen) atoms. The van der Waals surface area contributed by atoms with Crippen LogP contribution in [0, 0.1) is 5.41 Å². The van der Waals surface area contributed by atoms with Crippen molar-refractivity contribution in [2.75, 3.05) is 20.1 Å². The molecule has 0 spiro atoms. The minimum atomic E-state index is 0.328. The average molecular weight is 154 g/mol. The van der Waals surface area contributed by atoms with E-state index in [4.69, 9.17) is 0 Å². The average Bonchev–Trinajstić information content (AvgIpc) is 1.86. The highest BCUT2D eigenvalue weighted by molar-refractivity contribution is 5.14. The third-order valence-electron chi connectivity index (χ3n) is 2.11. The summed E-state index contributed by atoms with van der Waals surface area (Å²) in [7, 11) is 2.07. The van der Waals surface area contributed by atoms with Gasteiger partial charge in [-0.15, -0.1) is 0 Å². The van der Waals surface area contributed by atoms with Crippen LogP contribution in [0.25, 0.3) is 0 Å². The lowest BCUT2D eigenvalue weighted by molar-refractivity contribution is 0.245. The molecule has 1 aliphatic heterocycles. The highest BCUT2D eigenvalue weighted by atomic mass is 15.5. The molecule has 0 aromatic rings. The fourth-order valence-electron chi connectivity index (χ4n) is 1.18. The van der Waals surface area contributed by atoms with E-state index in [0.29, 0.717) is 5.41 Å². The van der Waals surface area contributed by atoms with Crippen molar-refractivity contribution in [3.05, 3.63) is 11.6 Å². The Balaban J connectivity index is 2.62. The lowest BCUT2D eigenvalue weighted by Gasteiger charge is -2.30. The van der Waals surface area contributed by atoms with E-state index >= 15 is 0 Å². The summed E-state index contributed by atoms with van der Waals surface area (Å²) in [6.07, 6.45) is 2.32. The first-order valence-electron chi connectivity index (χ1n) is 4.14. The highest BCUT2D eigenvalue weighted by Gasteiger charge is 2.19. The van der Waals surface area contributed by atoms with Crippen molar-refractivity contribution in [2.24, 2.45) is 5.41 Å². The maximum atomic E-state index is 3.30. The SMILES string of the molecule is CN1CC=C(C(C)(C)C)CN1. The van der Waals surface area contributed by atoms with Crippen molar-refractivity contribution in [1.29, 1.82) is 0 Å². The van der Waals surface area contributed by atoms with Crippen molar-refractivity contribution >= 4 is 0 Å².